The first-order chi connectivity index (χ1) is 12.4. The van der Waals surface area contributed by atoms with Crippen LogP contribution in [0.25, 0.3) is 11.4 Å². The fourth-order valence-corrected chi connectivity index (χ4v) is 4.12. The summed E-state index contributed by atoms with van der Waals surface area (Å²) in [7, 11) is -3.72. The van der Waals surface area contributed by atoms with Crippen molar-refractivity contribution in [3.63, 3.8) is 0 Å². The van der Waals surface area contributed by atoms with Crippen LogP contribution in [0, 0.1) is 13.8 Å². The fraction of sp³-hybridized carbons (Fsp3) is 0.263. The lowest BCUT2D eigenvalue weighted by atomic mass is 10.1. The van der Waals surface area contributed by atoms with Crippen LogP contribution >= 0.6 is 0 Å². The van der Waals surface area contributed by atoms with Crippen molar-refractivity contribution in [1.29, 1.82) is 0 Å². The molecule has 0 bridgehead atoms. The summed E-state index contributed by atoms with van der Waals surface area (Å²) in [5, 5.41) is 3.99. The van der Waals surface area contributed by atoms with Crippen LogP contribution in [0.2, 0.25) is 0 Å². The van der Waals surface area contributed by atoms with Crippen molar-refractivity contribution in [2.24, 2.45) is 0 Å². The summed E-state index contributed by atoms with van der Waals surface area (Å²) in [6, 6.07) is 12.4. The van der Waals surface area contributed by atoms with Crippen LogP contribution in [0.4, 0.5) is 5.69 Å². The van der Waals surface area contributed by atoms with Crippen molar-refractivity contribution in [3.05, 3.63) is 59.5 Å². The van der Waals surface area contributed by atoms with Crippen LogP contribution in [0.5, 0.6) is 0 Å². The van der Waals surface area contributed by atoms with Gasteiger partial charge in [0.1, 0.15) is 0 Å². The highest BCUT2D eigenvalue weighted by Gasteiger charge is 2.30. The van der Waals surface area contributed by atoms with Gasteiger partial charge in [-0.15, -0.1) is 0 Å². The molecule has 6 nitrogen and oxygen atoms in total. The van der Waals surface area contributed by atoms with Gasteiger partial charge in [0.15, 0.2) is 0 Å². The Hall–Kier alpha value is -2.67. The summed E-state index contributed by atoms with van der Waals surface area (Å²) in [5.74, 6) is 1.40. The van der Waals surface area contributed by atoms with E-state index in [-0.39, 0.29) is 4.90 Å². The lowest BCUT2D eigenvalue weighted by Crippen LogP contribution is -2.14. The largest absolute Gasteiger partial charge is 0.339 e. The first kappa shape index (κ1) is 16.8. The molecule has 0 amide bonds. The summed E-state index contributed by atoms with van der Waals surface area (Å²) >= 11 is 0. The van der Waals surface area contributed by atoms with E-state index >= 15 is 0 Å². The van der Waals surface area contributed by atoms with E-state index in [1.54, 1.807) is 31.2 Å². The third kappa shape index (κ3) is 3.35. The van der Waals surface area contributed by atoms with Gasteiger partial charge in [-0.2, -0.15) is 4.98 Å². The van der Waals surface area contributed by atoms with Gasteiger partial charge in [0.2, 0.25) is 11.7 Å². The summed E-state index contributed by atoms with van der Waals surface area (Å²) in [6.07, 6.45) is 2.13. The highest BCUT2D eigenvalue weighted by Crippen LogP contribution is 2.39. The number of anilines is 1. The van der Waals surface area contributed by atoms with Crippen LogP contribution in [0.1, 0.15) is 35.8 Å². The van der Waals surface area contributed by atoms with E-state index in [4.69, 9.17) is 4.52 Å². The third-order valence-electron chi connectivity index (χ3n) is 4.37. The molecule has 0 spiro atoms. The lowest BCUT2D eigenvalue weighted by molar-refractivity contribution is 0.380. The number of aryl methyl sites for hydroxylation is 2. The van der Waals surface area contributed by atoms with E-state index in [0.717, 1.165) is 18.4 Å². The molecule has 1 aliphatic rings. The van der Waals surface area contributed by atoms with E-state index in [1.807, 2.05) is 25.1 Å². The zero-order valence-electron chi connectivity index (χ0n) is 14.6. The number of hydrogen-bond acceptors (Lipinski definition) is 5. The molecule has 1 aliphatic carbocycles. The van der Waals surface area contributed by atoms with E-state index in [0.29, 0.717) is 34.4 Å². The molecule has 0 aliphatic heterocycles. The Morgan fingerprint density at radius 3 is 2.65 bits per heavy atom. The topological polar surface area (TPSA) is 85.1 Å². The maximum absolute atomic E-state index is 12.9. The number of aromatic nitrogens is 2. The quantitative estimate of drug-likeness (QED) is 0.734. The highest BCUT2D eigenvalue weighted by molar-refractivity contribution is 7.92. The third-order valence-corrected chi connectivity index (χ3v) is 5.90. The molecule has 0 radical (unpaired) electrons. The molecule has 0 atom stereocenters. The van der Waals surface area contributed by atoms with E-state index in [9.17, 15) is 8.42 Å². The Labute approximate surface area is 152 Å². The summed E-state index contributed by atoms with van der Waals surface area (Å²) < 4.78 is 33.6. The van der Waals surface area contributed by atoms with Gasteiger partial charge < -0.3 is 4.52 Å². The Bertz CT molecular complexity index is 1070. The molecule has 2 aromatic carbocycles. The number of nitrogens with zero attached hydrogens (tertiary/aromatic N) is 2. The number of hydrogen-bond donors (Lipinski definition) is 1. The zero-order valence-corrected chi connectivity index (χ0v) is 15.4. The van der Waals surface area contributed by atoms with Crippen molar-refractivity contribution >= 4 is 15.7 Å². The molecule has 1 heterocycles. The van der Waals surface area contributed by atoms with E-state index in [1.165, 1.54) is 0 Å². The Morgan fingerprint density at radius 1 is 1.12 bits per heavy atom. The van der Waals surface area contributed by atoms with Gasteiger partial charge in [-0.3, -0.25) is 4.72 Å². The molecule has 0 saturated heterocycles. The highest BCUT2D eigenvalue weighted by atomic mass is 32.2. The second-order valence-corrected chi connectivity index (χ2v) is 8.34. The van der Waals surface area contributed by atoms with Gasteiger partial charge in [0, 0.05) is 17.2 Å². The minimum absolute atomic E-state index is 0.203. The monoisotopic (exact) mass is 369 g/mol. The van der Waals surface area contributed by atoms with Crippen LogP contribution < -0.4 is 4.72 Å². The van der Waals surface area contributed by atoms with Crippen molar-refractivity contribution in [2.45, 2.75) is 37.5 Å². The first-order valence-electron chi connectivity index (χ1n) is 8.46. The molecule has 134 valence electrons. The molecule has 1 aromatic heterocycles. The Morgan fingerprint density at radius 2 is 1.92 bits per heavy atom. The second-order valence-electron chi connectivity index (χ2n) is 6.69. The van der Waals surface area contributed by atoms with E-state index in [2.05, 4.69) is 14.9 Å². The average molecular weight is 369 g/mol. The van der Waals surface area contributed by atoms with Crippen molar-refractivity contribution < 1.29 is 12.9 Å². The maximum atomic E-state index is 12.9. The van der Waals surface area contributed by atoms with Gasteiger partial charge in [0.25, 0.3) is 10.0 Å². The number of benzene rings is 2. The number of sulfonamides is 1. The van der Waals surface area contributed by atoms with Crippen LogP contribution in [0.3, 0.4) is 0 Å². The molecular weight excluding hydrogens is 350 g/mol. The molecule has 1 fully saturated rings. The normalized spacial score (nSPS) is 14.4. The molecule has 26 heavy (non-hydrogen) atoms. The minimum atomic E-state index is -3.72. The van der Waals surface area contributed by atoms with Gasteiger partial charge in [-0.25, -0.2) is 8.42 Å². The molecule has 1 saturated carbocycles. The predicted octanol–water partition coefficient (Wildman–Crippen LogP) is 4.03. The molecule has 3 aromatic rings. The molecule has 4 rings (SSSR count). The Kier molecular flexibility index (Phi) is 4.03. The van der Waals surface area contributed by atoms with Gasteiger partial charge >= 0.3 is 0 Å². The average Bonchev–Trinajstić information content (AvgIpc) is 3.32. The SMILES string of the molecule is Cc1cccc(NS(=O)(=O)c2cc(-c3noc(C4CC4)n3)ccc2C)c1. The number of nitrogens with one attached hydrogen (secondary N) is 1. The fourth-order valence-electron chi connectivity index (χ4n) is 2.80. The van der Waals surface area contributed by atoms with Crippen LogP contribution in [-0.4, -0.2) is 18.6 Å². The Balaban J connectivity index is 1.68. The standard InChI is InChI=1S/C19H19N3O3S/c1-12-4-3-5-16(10-12)22-26(23,24)17-11-15(7-6-13(17)2)18-20-19(25-21-18)14-8-9-14/h3-7,10-11,14,22H,8-9H2,1-2H3. The zero-order chi connectivity index (χ0) is 18.3. The summed E-state index contributed by atoms with van der Waals surface area (Å²) in [4.78, 5) is 4.60. The van der Waals surface area contributed by atoms with Crippen LogP contribution in [0.15, 0.2) is 51.9 Å². The van der Waals surface area contributed by atoms with Crippen molar-refractivity contribution in [3.8, 4) is 11.4 Å². The van der Waals surface area contributed by atoms with Crippen molar-refractivity contribution in [1.82, 2.24) is 10.1 Å². The molecular formula is C19H19N3O3S. The van der Waals surface area contributed by atoms with Crippen molar-refractivity contribution in [2.75, 3.05) is 4.72 Å². The molecule has 0 unspecified atom stereocenters. The second kappa shape index (κ2) is 6.25. The first-order valence-corrected chi connectivity index (χ1v) is 9.95. The maximum Gasteiger partial charge on any atom is 0.262 e. The molecule has 7 heteroatoms. The summed E-state index contributed by atoms with van der Waals surface area (Å²) in [5.41, 5.74) is 2.79. The lowest BCUT2D eigenvalue weighted by Gasteiger charge is -2.11. The predicted molar refractivity (Wildman–Crippen MR) is 98.4 cm³/mol. The number of rotatable bonds is 5. The van der Waals surface area contributed by atoms with Gasteiger partial charge in [-0.05, 0) is 56.0 Å². The van der Waals surface area contributed by atoms with Gasteiger partial charge in [0.05, 0.1) is 4.90 Å². The summed E-state index contributed by atoms with van der Waals surface area (Å²) in [6.45, 7) is 3.68. The van der Waals surface area contributed by atoms with Gasteiger partial charge in [-0.1, -0.05) is 29.4 Å². The smallest absolute Gasteiger partial charge is 0.262 e. The van der Waals surface area contributed by atoms with Crippen LogP contribution in [-0.2, 0) is 10.0 Å². The minimum Gasteiger partial charge on any atom is -0.339 e. The van der Waals surface area contributed by atoms with E-state index < -0.39 is 10.0 Å². The molecule has 1 N–H and O–H groups in total.